The largest absolute Gasteiger partial charge is 0.497 e. The highest BCUT2D eigenvalue weighted by molar-refractivity contribution is 8.00. The molecule has 0 saturated heterocycles. The fourth-order valence-electron chi connectivity index (χ4n) is 3.48. The normalized spacial score (nSPS) is 14.3. The monoisotopic (exact) mass is 498 g/mol. The highest BCUT2D eigenvalue weighted by atomic mass is 32.2. The van der Waals surface area contributed by atoms with Crippen LogP contribution < -0.4 is 20.1 Å². The molecular weight excluding hydrogens is 472 g/mol. The van der Waals surface area contributed by atoms with E-state index in [1.165, 1.54) is 30.2 Å². The molecule has 1 aromatic carbocycles. The van der Waals surface area contributed by atoms with Gasteiger partial charge in [-0.1, -0.05) is 24.2 Å². The second-order valence-electron chi connectivity index (χ2n) is 7.39. The highest BCUT2D eigenvalue weighted by Gasteiger charge is 2.26. The Morgan fingerprint density at radius 3 is 2.59 bits per heavy atom. The van der Waals surface area contributed by atoms with Crippen LogP contribution in [0.1, 0.15) is 41.7 Å². The summed E-state index contributed by atoms with van der Waals surface area (Å²) in [4.78, 5) is 30.0. The summed E-state index contributed by atoms with van der Waals surface area (Å²) in [5.41, 5.74) is 1.36. The van der Waals surface area contributed by atoms with E-state index in [-0.39, 0.29) is 18.2 Å². The van der Waals surface area contributed by atoms with Gasteiger partial charge in [0.2, 0.25) is 10.0 Å². The van der Waals surface area contributed by atoms with Crippen molar-refractivity contribution in [1.82, 2.24) is 9.71 Å². The number of amides is 2. The van der Waals surface area contributed by atoms with Gasteiger partial charge >= 0.3 is 6.03 Å². The number of carbonyl (C=O) groups is 2. The fraction of sp³-hybridized carbons (Fsp3) is 0.450. The van der Waals surface area contributed by atoms with E-state index in [1.54, 1.807) is 18.2 Å². The van der Waals surface area contributed by atoms with Gasteiger partial charge in [-0.2, -0.15) is 0 Å². The minimum atomic E-state index is -3.36. The number of ketones is 1. The predicted molar refractivity (Wildman–Crippen MR) is 128 cm³/mol. The van der Waals surface area contributed by atoms with Gasteiger partial charge in [0.1, 0.15) is 5.75 Å². The molecule has 1 aliphatic carbocycles. The number of thioether (sulfide) groups is 1. The Kier molecular flexibility index (Phi) is 8.15. The van der Waals surface area contributed by atoms with Gasteiger partial charge in [0, 0.05) is 11.5 Å². The number of nitrogens with zero attached hydrogens (tertiary/aromatic N) is 1. The smallest absolute Gasteiger partial charge is 0.325 e. The number of urea groups is 1. The van der Waals surface area contributed by atoms with Crippen LogP contribution in [-0.4, -0.2) is 44.8 Å². The van der Waals surface area contributed by atoms with Crippen molar-refractivity contribution in [2.45, 2.75) is 36.4 Å². The summed E-state index contributed by atoms with van der Waals surface area (Å²) >= 11 is 2.66. The molecule has 1 saturated carbocycles. The van der Waals surface area contributed by atoms with Crippen LogP contribution in [0.3, 0.4) is 0 Å². The van der Waals surface area contributed by atoms with Gasteiger partial charge < -0.3 is 10.1 Å². The molecule has 2 aromatic rings. The van der Waals surface area contributed by atoms with Crippen molar-refractivity contribution < 1.29 is 22.7 Å². The second kappa shape index (κ2) is 10.6. The molecule has 1 fully saturated rings. The van der Waals surface area contributed by atoms with Crippen molar-refractivity contribution in [2.75, 3.05) is 30.3 Å². The van der Waals surface area contributed by atoms with Crippen molar-refractivity contribution in [1.29, 1.82) is 0 Å². The number of thiazole rings is 1. The molecule has 174 valence electrons. The van der Waals surface area contributed by atoms with E-state index in [0.29, 0.717) is 27.8 Å². The third-order valence-electron chi connectivity index (χ3n) is 5.04. The summed E-state index contributed by atoms with van der Waals surface area (Å²) in [7, 11) is -1.84. The Labute approximate surface area is 195 Å². The van der Waals surface area contributed by atoms with E-state index in [4.69, 9.17) is 4.74 Å². The molecule has 0 aliphatic heterocycles. The summed E-state index contributed by atoms with van der Waals surface area (Å²) in [6, 6.07) is 4.45. The summed E-state index contributed by atoms with van der Waals surface area (Å²) in [6.45, 7) is 0.0350. The van der Waals surface area contributed by atoms with Gasteiger partial charge in [0.05, 0.1) is 35.5 Å². The molecule has 0 spiro atoms. The number of aromatic nitrogens is 1. The fourth-order valence-corrected chi connectivity index (χ4v) is 5.52. The van der Waals surface area contributed by atoms with Crippen LogP contribution in [-0.2, 0) is 16.6 Å². The molecule has 3 rings (SSSR count). The molecular formula is C20H26N4O5S3. The van der Waals surface area contributed by atoms with Crippen LogP contribution in [0.25, 0.3) is 0 Å². The third-order valence-corrected chi connectivity index (χ3v) is 7.87. The molecule has 3 N–H and O–H groups in total. The maximum Gasteiger partial charge on any atom is 0.325 e. The number of hydrogen-bond acceptors (Lipinski definition) is 8. The number of benzene rings is 1. The minimum absolute atomic E-state index is 0.00440. The SMILES string of the molecule is COc1ccc(NC(=O)Nc2nc(CNS(C)(=O)=O)c(SC)s2)c(C(=O)C2CCCC2)c1. The number of Topliss-reactive ketones (excluding diaryl/α,β-unsaturated/α-hetero) is 1. The standard InChI is InChI=1S/C20H26N4O5S3/c1-29-13-8-9-15(14(10-13)17(25)12-6-4-5-7-12)22-19(26)24-20-23-16(18(30-2)31-20)11-21-32(3,27)28/h8-10,12,21H,4-7,11H2,1-3H3,(H2,22,23,24,26). The molecule has 0 radical (unpaired) electrons. The number of ether oxygens (including phenoxy) is 1. The van der Waals surface area contributed by atoms with Crippen LogP contribution in [0.2, 0.25) is 0 Å². The van der Waals surface area contributed by atoms with E-state index in [1.807, 2.05) is 6.26 Å². The zero-order valence-electron chi connectivity index (χ0n) is 18.1. The van der Waals surface area contributed by atoms with E-state index < -0.39 is 16.1 Å². The number of nitrogens with one attached hydrogen (secondary N) is 3. The lowest BCUT2D eigenvalue weighted by molar-refractivity contribution is 0.0923. The lowest BCUT2D eigenvalue weighted by atomic mass is 9.95. The molecule has 1 heterocycles. The van der Waals surface area contributed by atoms with Gasteiger partial charge in [-0.3, -0.25) is 10.1 Å². The molecule has 2 amide bonds. The quantitative estimate of drug-likeness (QED) is 0.353. The lowest BCUT2D eigenvalue weighted by Gasteiger charge is -2.15. The molecule has 12 heteroatoms. The first-order valence-electron chi connectivity index (χ1n) is 9.98. The van der Waals surface area contributed by atoms with Crippen molar-refractivity contribution >= 4 is 55.8 Å². The number of carbonyl (C=O) groups excluding carboxylic acids is 2. The number of methoxy groups -OCH3 is 1. The molecule has 0 atom stereocenters. The first-order chi connectivity index (χ1) is 15.2. The lowest BCUT2D eigenvalue weighted by Crippen LogP contribution is -2.23. The van der Waals surface area contributed by atoms with Crippen LogP contribution in [0, 0.1) is 5.92 Å². The van der Waals surface area contributed by atoms with Crippen LogP contribution >= 0.6 is 23.1 Å². The molecule has 1 aromatic heterocycles. The zero-order chi connectivity index (χ0) is 23.3. The Hall–Kier alpha value is -2.15. The van der Waals surface area contributed by atoms with E-state index in [9.17, 15) is 18.0 Å². The molecule has 0 bridgehead atoms. The molecule has 1 aliphatic rings. The Morgan fingerprint density at radius 1 is 1.25 bits per heavy atom. The Bertz CT molecular complexity index is 1090. The predicted octanol–water partition coefficient (Wildman–Crippen LogP) is 3.94. The maximum absolute atomic E-state index is 13.0. The van der Waals surface area contributed by atoms with E-state index in [0.717, 1.165) is 36.1 Å². The van der Waals surface area contributed by atoms with Crippen LogP contribution in [0.4, 0.5) is 15.6 Å². The summed E-state index contributed by atoms with van der Waals surface area (Å²) in [5.74, 6) is 0.508. The van der Waals surface area contributed by atoms with Crippen molar-refractivity contribution in [2.24, 2.45) is 5.92 Å². The van der Waals surface area contributed by atoms with Gasteiger partial charge in [0.15, 0.2) is 10.9 Å². The topological polar surface area (TPSA) is 126 Å². The Morgan fingerprint density at radius 2 is 1.97 bits per heavy atom. The maximum atomic E-state index is 13.0. The van der Waals surface area contributed by atoms with Gasteiger partial charge in [0.25, 0.3) is 0 Å². The van der Waals surface area contributed by atoms with Crippen molar-refractivity contribution in [3.8, 4) is 5.75 Å². The number of rotatable bonds is 9. The number of sulfonamides is 1. The number of anilines is 2. The second-order valence-corrected chi connectivity index (χ2v) is 11.3. The Balaban J connectivity index is 1.74. The molecule has 32 heavy (non-hydrogen) atoms. The van der Waals surface area contributed by atoms with Crippen LogP contribution in [0.5, 0.6) is 5.75 Å². The highest BCUT2D eigenvalue weighted by Crippen LogP contribution is 2.33. The summed E-state index contributed by atoms with van der Waals surface area (Å²) in [6.07, 6.45) is 6.68. The number of hydrogen-bond donors (Lipinski definition) is 3. The summed E-state index contributed by atoms with van der Waals surface area (Å²) in [5, 5.41) is 5.74. The minimum Gasteiger partial charge on any atom is -0.497 e. The zero-order valence-corrected chi connectivity index (χ0v) is 20.5. The summed E-state index contributed by atoms with van der Waals surface area (Å²) < 4.78 is 31.2. The van der Waals surface area contributed by atoms with Gasteiger partial charge in [-0.15, -0.1) is 11.8 Å². The first-order valence-corrected chi connectivity index (χ1v) is 13.9. The van der Waals surface area contributed by atoms with Crippen LogP contribution in [0.15, 0.2) is 22.4 Å². The van der Waals surface area contributed by atoms with Gasteiger partial charge in [-0.05, 0) is 37.3 Å². The average Bonchev–Trinajstić information content (AvgIpc) is 3.41. The van der Waals surface area contributed by atoms with Gasteiger partial charge in [-0.25, -0.2) is 22.9 Å². The molecule has 0 unspecified atom stereocenters. The first kappa shape index (κ1) is 24.5. The van der Waals surface area contributed by atoms with E-state index >= 15 is 0 Å². The van der Waals surface area contributed by atoms with E-state index in [2.05, 4.69) is 20.3 Å². The molecule has 9 nitrogen and oxygen atoms in total. The van der Waals surface area contributed by atoms with Crippen molar-refractivity contribution in [3.05, 3.63) is 29.5 Å². The third kappa shape index (κ3) is 6.44. The average molecular weight is 499 g/mol. The van der Waals surface area contributed by atoms with Crippen molar-refractivity contribution in [3.63, 3.8) is 0 Å².